The summed E-state index contributed by atoms with van der Waals surface area (Å²) in [6.07, 6.45) is 9.84. The number of hydrogen-bond acceptors (Lipinski definition) is 6. The van der Waals surface area contributed by atoms with E-state index in [2.05, 4.69) is 0 Å². The van der Waals surface area contributed by atoms with Gasteiger partial charge in [-0.25, -0.2) is 0 Å². The number of rotatable bonds is 5. The van der Waals surface area contributed by atoms with Crippen LogP contribution in [-0.4, -0.2) is 71.3 Å². The van der Waals surface area contributed by atoms with Crippen LogP contribution in [0.25, 0.3) is 0 Å². The van der Waals surface area contributed by atoms with Crippen LogP contribution in [-0.2, 0) is 23.9 Å². The minimum absolute atomic E-state index is 0.0187. The summed E-state index contributed by atoms with van der Waals surface area (Å²) >= 11 is 6.46. The first-order chi connectivity index (χ1) is 17.3. The molecule has 2 fully saturated rings. The molecule has 1 aromatic rings. The Morgan fingerprint density at radius 3 is 2.67 bits per heavy atom. The van der Waals surface area contributed by atoms with Gasteiger partial charge in [0.15, 0.2) is 0 Å². The number of benzene rings is 1. The zero-order valence-electron chi connectivity index (χ0n) is 20.3. The summed E-state index contributed by atoms with van der Waals surface area (Å²) in [4.78, 5) is 44.8. The van der Waals surface area contributed by atoms with Gasteiger partial charge in [0, 0.05) is 19.7 Å². The maximum atomic E-state index is 14.3. The highest BCUT2D eigenvalue weighted by Gasteiger charge is 2.74. The van der Waals surface area contributed by atoms with Crippen LogP contribution < -0.4 is 4.90 Å². The molecule has 192 valence electrons. The van der Waals surface area contributed by atoms with Crippen LogP contribution in [0.4, 0.5) is 5.69 Å². The number of fused-ring (bicyclic) bond motifs is 2. The number of likely N-dealkylation sites (tertiary alicyclic amines) is 1. The van der Waals surface area contributed by atoms with Crippen LogP contribution in [0.1, 0.15) is 32.6 Å². The molecule has 1 N–H and O–H groups in total. The number of carbonyl (C=O) groups is 3. The lowest BCUT2D eigenvalue weighted by molar-refractivity contribution is -0.158. The standard InChI is InChI=1S/C27H31ClN2O6/c1-26-12-5-2-8-17-35-25(34)21(26)20-23(32)30(14-6-7-16-31)22-24(33)29(15-9-13-27(20,22)36-26)19-11-4-3-10-18(19)28/h3-5,9-13,20-22,31H,2,6-8,14-17H2,1H3/b12-5-/t20-,21+,22?,26-,27-/m0/s1. The van der Waals surface area contributed by atoms with Crippen molar-refractivity contribution < 1.29 is 29.0 Å². The Morgan fingerprint density at radius 2 is 1.89 bits per heavy atom. The summed E-state index contributed by atoms with van der Waals surface area (Å²) in [6.45, 7) is 2.55. The smallest absolute Gasteiger partial charge is 0.313 e. The number of aliphatic hydroxyl groups is 1. The maximum Gasteiger partial charge on any atom is 0.313 e. The number of nitrogens with zero attached hydrogens (tertiary/aromatic N) is 2. The van der Waals surface area contributed by atoms with Crippen molar-refractivity contribution in [3.63, 3.8) is 0 Å². The van der Waals surface area contributed by atoms with Crippen molar-refractivity contribution in [1.82, 2.24) is 4.90 Å². The normalized spacial score (nSPS) is 34.8. The molecule has 1 unspecified atom stereocenters. The van der Waals surface area contributed by atoms with Crippen LogP contribution in [0, 0.1) is 11.8 Å². The predicted molar refractivity (Wildman–Crippen MR) is 133 cm³/mol. The molecule has 5 atom stereocenters. The SMILES string of the molecule is C[C@]12/C=C\CCCOC(=O)[C@H]1[C@H]1C(=O)N(CCCCO)C3C(=O)N(c4ccccc4Cl)CC=C[C@@]31O2. The number of aliphatic hydroxyl groups excluding tert-OH is 1. The Hall–Kier alpha value is -2.68. The van der Waals surface area contributed by atoms with E-state index in [4.69, 9.17) is 21.1 Å². The van der Waals surface area contributed by atoms with Crippen molar-refractivity contribution in [3.05, 3.63) is 53.6 Å². The van der Waals surface area contributed by atoms with E-state index in [1.807, 2.05) is 18.2 Å². The quantitative estimate of drug-likeness (QED) is 0.369. The van der Waals surface area contributed by atoms with E-state index >= 15 is 0 Å². The number of halogens is 1. The van der Waals surface area contributed by atoms with Gasteiger partial charge in [0.1, 0.15) is 17.6 Å². The van der Waals surface area contributed by atoms with Gasteiger partial charge < -0.3 is 24.4 Å². The molecule has 4 aliphatic heterocycles. The molecule has 0 bridgehead atoms. The molecule has 0 saturated carbocycles. The Labute approximate surface area is 215 Å². The third kappa shape index (κ3) is 3.86. The summed E-state index contributed by atoms with van der Waals surface area (Å²) in [6, 6.07) is 6.09. The molecule has 0 aromatic heterocycles. The van der Waals surface area contributed by atoms with Gasteiger partial charge in [0.05, 0.1) is 28.8 Å². The fourth-order valence-electron chi connectivity index (χ4n) is 6.16. The number of para-hydroxylation sites is 1. The maximum absolute atomic E-state index is 14.3. The molecule has 2 amide bonds. The van der Waals surface area contributed by atoms with Crippen LogP contribution in [0.5, 0.6) is 0 Å². The monoisotopic (exact) mass is 514 g/mol. The van der Waals surface area contributed by atoms with Gasteiger partial charge >= 0.3 is 5.97 Å². The van der Waals surface area contributed by atoms with Crippen molar-refractivity contribution in [1.29, 1.82) is 0 Å². The van der Waals surface area contributed by atoms with Crippen molar-refractivity contribution >= 4 is 35.1 Å². The molecular weight excluding hydrogens is 484 g/mol. The van der Waals surface area contributed by atoms with Crippen LogP contribution in [0.3, 0.4) is 0 Å². The second-order valence-corrected chi connectivity index (χ2v) is 10.4. The first-order valence-electron chi connectivity index (χ1n) is 12.5. The van der Waals surface area contributed by atoms with E-state index < -0.39 is 35.0 Å². The molecule has 1 spiro atoms. The Morgan fingerprint density at radius 1 is 1.08 bits per heavy atom. The van der Waals surface area contributed by atoms with E-state index in [1.54, 1.807) is 42.2 Å². The number of allylic oxidation sites excluding steroid dienone is 1. The number of esters is 1. The van der Waals surface area contributed by atoms with Crippen molar-refractivity contribution in [2.24, 2.45) is 11.8 Å². The molecule has 8 nitrogen and oxygen atoms in total. The summed E-state index contributed by atoms with van der Waals surface area (Å²) in [5, 5.41) is 9.75. The summed E-state index contributed by atoms with van der Waals surface area (Å²) in [5.74, 6) is -2.92. The summed E-state index contributed by atoms with van der Waals surface area (Å²) in [7, 11) is 0. The minimum atomic E-state index is -1.34. The number of anilines is 1. The number of hydrogen-bond donors (Lipinski definition) is 1. The fraction of sp³-hybridized carbons (Fsp3) is 0.519. The predicted octanol–water partition coefficient (Wildman–Crippen LogP) is 2.88. The fourth-order valence-corrected chi connectivity index (χ4v) is 6.39. The van der Waals surface area contributed by atoms with E-state index in [0.717, 1.165) is 6.42 Å². The number of amides is 2. The molecule has 36 heavy (non-hydrogen) atoms. The van der Waals surface area contributed by atoms with Crippen molar-refractivity contribution in [2.75, 3.05) is 31.2 Å². The Balaban J connectivity index is 1.63. The lowest BCUT2D eigenvalue weighted by atomic mass is 9.74. The molecular formula is C27H31ClN2O6. The summed E-state index contributed by atoms with van der Waals surface area (Å²) in [5.41, 5.74) is -1.91. The lowest BCUT2D eigenvalue weighted by Crippen LogP contribution is -2.56. The topological polar surface area (TPSA) is 96.4 Å². The molecule has 2 saturated heterocycles. The second-order valence-electron chi connectivity index (χ2n) is 9.97. The first-order valence-corrected chi connectivity index (χ1v) is 12.9. The van der Waals surface area contributed by atoms with E-state index in [1.165, 1.54) is 4.90 Å². The average Bonchev–Trinajstić information content (AvgIpc) is 3.19. The highest BCUT2D eigenvalue weighted by molar-refractivity contribution is 6.34. The zero-order chi connectivity index (χ0) is 25.5. The van der Waals surface area contributed by atoms with Gasteiger partial charge in [-0.2, -0.15) is 0 Å². The molecule has 9 heteroatoms. The zero-order valence-corrected chi connectivity index (χ0v) is 21.0. The van der Waals surface area contributed by atoms with Gasteiger partial charge in [0.25, 0.3) is 5.91 Å². The molecule has 5 rings (SSSR count). The second kappa shape index (κ2) is 9.65. The average molecular weight is 515 g/mol. The molecule has 0 aliphatic carbocycles. The third-order valence-electron chi connectivity index (χ3n) is 7.70. The first kappa shape index (κ1) is 25.0. The van der Waals surface area contributed by atoms with Gasteiger partial charge in [0.2, 0.25) is 5.91 Å². The van der Waals surface area contributed by atoms with Crippen LogP contribution in [0.2, 0.25) is 5.02 Å². The molecule has 0 radical (unpaired) electrons. The van der Waals surface area contributed by atoms with Gasteiger partial charge in [-0.05, 0) is 44.7 Å². The van der Waals surface area contributed by atoms with Gasteiger partial charge in [-0.1, -0.05) is 48.0 Å². The number of carbonyl (C=O) groups excluding carboxylic acids is 3. The molecule has 1 aromatic carbocycles. The number of unbranched alkanes of at least 4 members (excludes halogenated alkanes) is 1. The highest BCUT2D eigenvalue weighted by Crippen LogP contribution is 2.57. The highest BCUT2D eigenvalue weighted by atomic mass is 35.5. The third-order valence-corrected chi connectivity index (χ3v) is 8.02. The van der Waals surface area contributed by atoms with Gasteiger partial charge in [-0.15, -0.1) is 0 Å². The van der Waals surface area contributed by atoms with E-state index in [-0.39, 0.29) is 38.1 Å². The Kier molecular flexibility index (Phi) is 6.70. The largest absolute Gasteiger partial charge is 0.465 e. The van der Waals surface area contributed by atoms with Crippen molar-refractivity contribution in [2.45, 2.75) is 49.9 Å². The summed E-state index contributed by atoms with van der Waals surface area (Å²) < 4.78 is 12.3. The number of cyclic esters (lactones) is 1. The Bertz CT molecular complexity index is 1120. The number of ether oxygens (including phenoxy) is 2. The van der Waals surface area contributed by atoms with Crippen molar-refractivity contribution in [3.8, 4) is 0 Å². The molecule has 4 heterocycles. The minimum Gasteiger partial charge on any atom is -0.465 e. The van der Waals surface area contributed by atoms with Crippen LogP contribution in [0.15, 0.2) is 48.6 Å². The molecule has 4 aliphatic rings. The lowest BCUT2D eigenvalue weighted by Gasteiger charge is -2.37. The van der Waals surface area contributed by atoms with E-state index in [9.17, 15) is 19.5 Å². The van der Waals surface area contributed by atoms with Crippen LogP contribution >= 0.6 is 11.6 Å². The van der Waals surface area contributed by atoms with Gasteiger partial charge in [-0.3, -0.25) is 14.4 Å². The van der Waals surface area contributed by atoms with E-state index in [0.29, 0.717) is 30.0 Å².